The Labute approximate surface area is 183 Å². The molecule has 3 aliphatic rings. The summed E-state index contributed by atoms with van der Waals surface area (Å²) in [6.07, 6.45) is 6.75. The van der Waals surface area contributed by atoms with E-state index in [0.717, 1.165) is 25.7 Å². The van der Waals surface area contributed by atoms with Crippen molar-refractivity contribution in [2.24, 2.45) is 0 Å². The number of thioether (sulfide) groups is 1. The van der Waals surface area contributed by atoms with Crippen molar-refractivity contribution in [1.29, 1.82) is 0 Å². The number of hydrogen-bond donors (Lipinski definition) is 0. The molecule has 1 aliphatic carbocycles. The summed E-state index contributed by atoms with van der Waals surface area (Å²) in [5, 5.41) is 0.345. The topological polar surface area (TPSA) is 38.8 Å². The van der Waals surface area contributed by atoms with Crippen LogP contribution in [0.3, 0.4) is 0 Å². The molecule has 2 heterocycles. The van der Waals surface area contributed by atoms with E-state index in [1.165, 1.54) is 24.0 Å². The van der Waals surface area contributed by atoms with Crippen LogP contribution >= 0.6 is 24.0 Å². The number of ether oxygens (including phenoxy) is 2. The van der Waals surface area contributed by atoms with Gasteiger partial charge in [0, 0.05) is 11.7 Å². The largest absolute Gasteiger partial charge is 0.347 e. The van der Waals surface area contributed by atoms with Crippen LogP contribution in [0.15, 0.2) is 24.3 Å². The second-order valence-electron chi connectivity index (χ2n) is 8.85. The third-order valence-electron chi connectivity index (χ3n) is 6.10. The predicted octanol–water partition coefficient (Wildman–Crippen LogP) is 5.39. The highest BCUT2D eigenvalue weighted by atomic mass is 32.2. The van der Waals surface area contributed by atoms with E-state index in [1.54, 1.807) is 11.8 Å². The van der Waals surface area contributed by atoms with Gasteiger partial charge in [-0.1, -0.05) is 74.4 Å². The Morgan fingerprint density at radius 2 is 2.00 bits per heavy atom. The number of carbonyl (C=O) groups excluding carboxylic acids is 1. The van der Waals surface area contributed by atoms with Crippen LogP contribution in [-0.2, 0) is 20.7 Å². The highest BCUT2D eigenvalue weighted by Crippen LogP contribution is 2.49. The predicted molar refractivity (Wildman–Crippen MR) is 121 cm³/mol. The van der Waals surface area contributed by atoms with E-state index in [0.29, 0.717) is 16.0 Å². The van der Waals surface area contributed by atoms with Gasteiger partial charge in [0.05, 0.1) is 24.7 Å². The van der Waals surface area contributed by atoms with Crippen molar-refractivity contribution < 1.29 is 14.3 Å². The summed E-state index contributed by atoms with van der Waals surface area (Å²) in [6.45, 7) is 6.12. The Kier molecular flexibility index (Phi) is 6.35. The maximum Gasteiger partial charge on any atom is 0.231 e. The van der Waals surface area contributed by atoms with Gasteiger partial charge in [0.15, 0.2) is 5.79 Å². The minimum absolute atomic E-state index is 0.0735. The molecule has 0 radical (unpaired) electrons. The molecule has 0 unspecified atom stereocenters. The molecule has 2 saturated heterocycles. The maximum absolute atomic E-state index is 13.4. The van der Waals surface area contributed by atoms with E-state index < -0.39 is 5.79 Å². The quantitative estimate of drug-likeness (QED) is 0.444. The van der Waals surface area contributed by atoms with Crippen LogP contribution in [0.2, 0.25) is 0 Å². The molecular weight excluding hydrogens is 402 g/mol. The van der Waals surface area contributed by atoms with Gasteiger partial charge >= 0.3 is 0 Å². The molecule has 1 amide bonds. The van der Waals surface area contributed by atoms with Gasteiger partial charge in [-0.2, -0.15) is 0 Å². The molecular formula is C23H31NO3S2. The summed E-state index contributed by atoms with van der Waals surface area (Å²) < 4.78 is 13.0. The molecule has 2 aliphatic heterocycles. The molecule has 6 heteroatoms. The van der Waals surface area contributed by atoms with Crippen LogP contribution in [-0.4, -0.2) is 38.4 Å². The summed E-state index contributed by atoms with van der Waals surface area (Å²) in [5.74, 6) is -0.565. The summed E-state index contributed by atoms with van der Waals surface area (Å²) in [5.41, 5.74) is 2.60. The Balaban J connectivity index is 1.45. The fourth-order valence-electron chi connectivity index (χ4n) is 4.94. The van der Waals surface area contributed by atoms with E-state index in [9.17, 15) is 4.79 Å². The molecule has 0 spiro atoms. The average molecular weight is 434 g/mol. The number of thiocarbonyl (C=S) groups is 1. The van der Waals surface area contributed by atoms with Crippen molar-refractivity contribution in [3.8, 4) is 0 Å². The van der Waals surface area contributed by atoms with Crippen LogP contribution < -0.4 is 0 Å². The first-order valence-electron chi connectivity index (χ1n) is 10.8. The minimum Gasteiger partial charge on any atom is -0.347 e. The monoisotopic (exact) mass is 433 g/mol. The lowest BCUT2D eigenvalue weighted by atomic mass is 9.99. The van der Waals surface area contributed by atoms with Gasteiger partial charge < -0.3 is 9.47 Å². The summed E-state index contributed by atoms with van der Waals surface area (Å²) in [7, 11) is 0. The van der Waals surface area contributed by atoms with Crippen LogP contribution in [0.4, 0.5) is 0 Å². The van der Waals surface area contributed by atoms with Gasteiger partial charge in [-0.05, 0) is 37.8 Å². The first kappa shape index (κ1) is 21.3. The lowest BCUT2D eigenvalue weighted by Gasteiger charge is -2.41. The van der Waals surface area contributed by atoms with Crippen molar-refractivity contribution in [2.45, 2.75) is 95.0 Å². The van der Waals surface area contributed by atoms with Crippen LogP contribution in [0, 0.1) is 0 Å². The maximum atomic E-state index is 13.4. The van der Waals surface area contributed by atoms with E-state index in [4.69, 9.17) is 21.7 Å². The fourth-order valence-corrected chi connectivity index (χ4v) is 6.78. The van der Waals surface area contributed by atoms with E-state index in [1.807, 2.05) is 18.7 Å². The number of nitrogens with zero attached hydrogens (tertiary/aromatic N) is 1. The second-order valence-corrected chi connectivity index (χ2v) is 10.7. The van der Waals surface area contributed by atoms with Crippen molar-refractivity contribution in [3.63, 3.8) is 0 Å². The van der Waals surface area contributed by atoms with Crippen LogP contribution in [0.25, 0.3) is 0 Å². The van der Waals surface area contributed by atoms with Gasteiger partial charge in [0.2, 0.25) is 5.91 Å². The fraction of sp³-hybridized carbons (Fsp3) is 0.652. The third kappa shape index (κ3) is 4.55. The normalized spacial score (nSPS) is 30.3. The van der Waals surface area contributed by atoms with E-state index >= 15 is 0 Å². The molecule has 4 nitrogen and oxygen atoms in total. The molecule has 0 saturated carbocycles. The first-order valence-corrected chi connectivity index (χ1v) is 12.1. The molecule has 4 rings (SSSR count). The number of rotatable bonds is 6. The Morgan fingerprint density at radius 3 is 2.79 bits per heavy atom. The molecule has 0 N–H and O–H groups in total. The van der Waals surface area contributed by atoms with Crippen LogP contribution in [0.1, 0.15) is 76.5 Å². The van der Waals surface area contributed by atoms with Crippen LogP contribution in [0.5, 0.6) is 0 Å². The van der Waals surface area contributed by atoms with E-state index in [-0.39, 0.29) is 24.2 Å². The number of benzene rings is 1. The van der Waals surface area contributed by atoms with Gasteiger partial charge in [0.1, 0.15) is 4.32 Å². The number of hydrogen-bond acceptors (Lipinski definition) is 5. The second kappa shape index (κ2) is 8.66. The zero-order valence-electron chi connectivity index (χ0n) is 17.6. The number of unbranched alkanes of at least 4 members (excludes halogenated alkanes) is 2. The standard InChI is InChI=1S/C23H31NO3S2/c1-4-5-6-10-16-13-17(27-23(2,3)26-16)14-20(25)24-21-18-11-8-7-9-15(18)12-19(21)29-22(24)28/h7-9,11,16-17,19,21H,4-6,10,12-14H2,1-3H3/t16-,17-,19+,21-/m1/s1. The minimum atomic E-state index is -0.650. The van der Waals surface area contributed by atoms with Crippen molar-refractivity contribution in [1.82, 2.24) is 4.90 Å². The Morgan fingerprint density at radius 1 is 1.24 bits per heavy atom. The first-order chi connectivity index (χ1) is 13.9. The van der Waals surface area contributed by atoms with Gasteiger partial charge in [-0.25, -0.2) is 0 Å². The van der Waals surface area contributed by atoms with E-state index in [2.05, 4.69) is 31.2 Å². The molecule has 29 heavy (non-hydrogen) atoms. The third-order valence-corrected chi connectivity index (χ3v) is 7.71. The molecule has 0 bridgehead atoms. The molecule has 0 aromatic heterocycles. The number of carbonyl (C=O) groups is 1. The summed E-state index contributed by atoms with van der Waals surface area (Å²) >= 11 is 7.29. The Bertz CT molecular complexity index is 781. The SMILES string of the molecule is CCCCC[C@@H]1C[C@H](CC(=O)N2C(=S)S[C@H]3Cc4ccccc4[C@H]32)OC(C)(C)O1. The van der Waals surface area contributed by atoms with Gasteiger partial charge in [-0.15, -0.1) is 0 Å². The average Bonchev–Trinajstić information content (AvgIpc) is 3.14. The van der Waals surface area contributed by atoms with Gasteiger partial charge in [-0.3, -0.25) is 9.69 Å². The molecule has 4 atom stereocenters. The lowest BCUT2D eigenvalue weighted by Crippen LogP contribution is -2.46. The highest BCUT2D eigenvalue weighted by Gasteiger charge is 2.48. The number of amides is 1. The molecule has 158 valence electrons. The lowest BCUT2D eigenvalue weighted by molar-refractivity contribution is -0.300. The highest BCUT2D eigenvalue weighted by molar-refractivity contribution is 8.23. The molecule has 1 aromatic rings. The summed E-state index contributed by atoms with van der Waals surface area (Å²) in [6, 6.07) is 8.52. The zero-order chi connectivity index (χ0) is 20.6. The number of fused-ring (bicyclic) bond motifs is 3. The van der Waals surface area contributed by atoms with Crippen molar-refractivity contribution in [2.75, 3.05) is 0 Å². The smallest absolute Gasteiger partial charge is 0.231 e. The summed E-state index contributed by atoms with van der Waals surface area (Å²) in [4.78, 5) is 15.2. The zero-order valence-corrected chi connectivity index (χ0v) is 19.2. The Hall–Kier alpha value is -0.950. The molecule has 2 fully saturated rings. The molecule has 1 aromatic carbocycles. The van der Waals surface area contributed by atoms with Crippen molar-refractivity contribution in [3.05, 3.63) is 35.4 Å². The van der Waals surface area contributed by atoms with Crippen molar-refractivity contribution >= 4 is 34.2 Å². The van der Waals surface area contributed by atoms with Gasteiger partial charge in [0.25, 0.3) is 0 Å².